The zero-order chi connectivity index (χ0) is 85.7. The Balaban J connectivity index is 0.548. The SMILES string of the molecule is CC(C)(C)c1ccc(N(c2ccc(C(C)(C)CCC(C)(C)c3ccc(N(c4ccccc4)c4ccc5c(c4)oc4cc6cc7sc8cc(N(c9ccccc9)c9ccc(C(C)(C)C)cc9)ccc8c7cc6cc45)cc3)cc2)c2ccc3c(c2)oc2cc4cc5sc6cc(N(c7ccc(C(C)(C)C)cc7)c7ccc(C(C)(C)C)cc7)ccc6c5cc4cc23)cc1. The van der Waals surface area contributed by atoms with Crippen molar-refractivity contribution in [1.29, 1.82) is 0 Å². The minimum absolute atomic E-state index is 0.00815. The first-order chi connectivity index (χ1) is 59.4. The zero-order valence-corrected chi connectivity index (χ0v) is 75.6. The molecule has 0 atom stereocenters. The van der Waals surface area contributed by atoms with E-state index in [4.69, 9.17) is 8.83 Å². The van der Waals surface area contributed by atoms with Crippen molar-refractivity contribution in [2.45, 2.75) is 156 Å². The molecule has 0 amide bonds. The van der Waals surface area contributed by atoms with Crippen LogP contribution < -0.4 is 19.6 Å². The highest BCUT2D eigenvalue weighted by molar-refractivity contribution is 7.26. The summed E-state index contributed by atoms with van der Waals surface area (Å²) in [6.45, 7) is 36.9. The Labute approximate surface area is 736 Å². The first-order valence-electron chi connectivity index (χ1n) is 43.8. The summed E-state index contributed by atoms with van der Waals surface area (Å²) in [6.07, 6.45) is 1.99. The molecule has 0 aliphatic carbocycles. The standard InChI is InChI=1S/C116H106N4O2S2/c1-111(2,3)77-27-39-85(40-28-77)118(84-25-21-18-22-26-84)93-53-57-97-101-63-73-61-99-95-55-51-91(69-105(95)121-103(99)65-75(73)67-107(101)123-109(97)71-93)117(83-23-19-17-20-24-83)89-47-35-81(36-48-89)115(13,14)59-60-116(15,16)82-37-49-90(50-38-82)119(86-41-29-78(30-42-86)112(4,5)6)92-52-56-96-100-62-74-64-102-98-58-54-94(72-110(98)124-108(102)68-76(74)66-104(100)122-106(96)70-92)120(87-43-31-79(32-44-87)113(7,8)9)88-45-33-80(34-46-88)114(10,11)12/h17-58,61-72H,59-60H2,1-16H3. The molecule has 20 rings (SSSR count). The molecule has 0 bridgehead atoms. The van der Waals surface area contributed by atoms with Crippen LogP contribution in [-0.2, 0) is 32.5 Å². The quantitative estimate of drug-likeness (QED) is 0.0905. The van der Waals surface area contributed by atoms with E-state index >= 15 is 0 Å². The van der Waals surface area contributed by atoms with Gasteiger partial charge in [0.15, 0.2) is 0 Å². The number of thiophene rings is 2. The summed E-state index contributed by atoms with van der Waals surface area (Å²) in [5, 5.41) is 14.2. The van der Waals surface area contributed by atoms with Crippen LogP contribution in [0.4, 0.5) is 68.2 Å². The van der Waals surface area contributed by atoms with Gasteiger partial charge in [-0.3, -0.25) is 0 Å². The average Bonchev–Trinajstić information content (AvgIpc) is 1.59. The lowest BCUT2D eigenvalue weighted by atomic mass is 9.73. The molecule has 16 aromatic carbocycles. The lowest BCUT2D eigenvalue weighted by Gasteiger charge is -2.33. The number of hydrogen-bond donors (Lipinski definition) is 0. The topological polar surface area (TPSA) is 39.2 Å². The summed E-state index contributed by atoms with van der Waals surface area (Å²) < 4.78 is 18.9. The molecular weight excluding hydrogens is 1550 g/mol. The summed E-state index contributed by atoms with van der Waals surface area (Å²) in [5.41, 5.74) is 24.6. The predicted molar refractivity (Wildman–Crippen MR) is 537 cm³/mol. The number of hydrogen-bond acceptors (Lipinski definition) is 8. The molecule has 4 aromatic heterocycles. The Hall–Kier alpha value is -12.7. The van der Waals surface area contributed by atoms with Gasteiger partial charge in [0.2, 0.25) is 0 Å². The first-order valence-corrected chi connectivity index (χ1v) is 45.5. The largest absolute Gasteiger partial charge is 0.456 e. The van der Waals surface area contributed by atoms with Crippen LogP contribution in [0, 0.1) is 0 Å². The molecule has 0 unspecified atom stereocenters. The fourth-order valence-corrected chi connectivity index (χ4v) is 20.9. The second-order valence-corrected chi connectivity index (χ2v) is 41.9. The van der Waals surface area contributed by atoms with Crippen LogP contribution in [-0.4, -0.2) is 0 Å². The van der Waals surface area contributed by atoms with Gasteiger partial charge in [0.1, 0.15) is 22.3 Å². The van der Waals surface area contributed by atoms with E-state index in [1.54, 1.807) is 0 Å². The monoisotopic (exact) mass is 1650 g/mol. The van der Waals surface area contributed by atoms with E-state index in [0.717, 1.165) is 125 Å². The molecule has 614 valence electrons. The number of benzene rings is 16. The molecule has 0 aliphatic rings. The second kappa shape index (κ2) is 30.1. The Morgan fingerprint density at radius 3 is 0.710 bits per heavy atom. The van der Waals surface area contributed by atoms with Gasteiger partial charge in [-0.05, 0) is 294 Å². The highest BCUT2D eigenvalue weighted by atomic mass is 32.1. The van der Waals surface area contributed by atoms with Crippen molar-refractivity contribution in [2.24, 2.45) is 0 Å². The van der Waals surface area contributed by atoms with Crippen LogP contribution >= 0.6 is 22.7 Å². The van der Waals surface area contributed by atoms with E-state index in [9.17, 15) is 0 Å². The van der Waals surface area contributed by atoms with Crippen molar-refractivity contribution in [2.75, 3.05) is 19.6 Å². The van der Waals surface area contributed by atoms with Crippen LogP contribution in [0.15, 0.2) is 336 Å². The zero-order valence-electron chi connectivity index (χ0n) is 74.0. The predicted octanol–water partition coefficient (Wildman–Crippen LogP) is 35.6. The molecule has 0 fully saturated rings. The van der Waals surface area contributed by atoms with Crippen molar-refractivity contribution in [3.63, 3.8) is 0 Å². The fraction of sp³-hybridized carbons (Fsp3) is 0.207. The Kier molecular flexibility index (Phi) is 19.3. The second-order valence-electron chi connectivity index (χ2n) is 39.8. The fourth-order valence-electron chi connectivity index (χ4n) is 18.5. The molecule has 0 spiro atoms. The van der Waals surface area contributed by atoms with Gasteiger partial charge in [-0.15, -0.1) is 22.7 Å². The summed E-state index contributed by atoms with van der Waals surface area (Å²) >= 11 is 3.72. The molecule has 20 aromatic rings. The lowest BCUT2D eigenvalue weighted by Crippen LogP contribution is -2.24. The van der Waals surface area contributed by atoms with Crippen LogP contribution in [0.5, 0.6) is 0 Å². The molecule has 0 aliphatic heterocycles. The maximum absolute atomic E-state index is 6.97. The van der Waals surface area contributed by atoms with Crippen molar-refractivity contribution < 1.29 is 8.83 Å². The van der Waals surface area contributed by atoms with Gasteiger partial charge in [0, 0.05) is 142 Å². The van der Waals surface area contributed by atoms with Crippen LogP contribution in [0.1, 0.15) is 157 Å². The Morgan fingerprint density at radius 2 is 0.419 bits per heavy atom. The van der Waals surface area contributed by atoms with Gasteiger partial charge >= 0.3 is 0 Å². The molecular formula is C116H106N4O2S2. The minimum atomic E-state index is -0.117. The van der Waals surface area contributed by atoms with Crippen molar-refractivity contribution in [3.05, 3.63) is 361 Å². The molecule has 0 saturated carbocycles. The Bertz CT molecular complexity index is 7410. The van der Waals surface area contributed by atoms with Gasteiger partial charge in [-0.1, -0.05) is 232 Å². The summed E-state index contributed by atoms with van der Waals surface area (Å²) in [6, 6.07) is 123. The van der Waals surface area contributed by atoms with E-state index in [1.807, 2.05) is 22.7 Å². The number of rotatable bonds is 17. The Morgan fingerprint density at radius 1 is 0.194 bits per heavy atom. The molecule has 0 radical (unpaired) electrons. The van der Waals surface area contributed by atoms with E-state index < -0.39 is 0 Å². The molecule has 8 heteroatoms. The van der Waals surface area contributed by atoms with E-state index in [2.05, 4.69) is 458 Å². The van der Waals surface area contributed by atoms with Crippen LogP contribution in [0.2, 0.25) is 0 Å². The summed E-state index contributed by atoms with van der Waals surface area (Å²) in [5.74, 6) is 0. The van der Waals surface area contributed by atoms with Gasteiger partial charge in [0.05, 0.1) is 0 Å². The van der Waals surface area contributed by atoms with Gasteiger partial charge < -0.3 is 28.4 Å². The third kappa shape index (κ3) is 14.8. The molecule has 0 saturated heterocycles. The molecule has 4 heterocycles. The summed E-state index contributed by atoms with van der Waals surface area (Å²) in [7, 11) is 0. The molecule has 124 heavy (non-hydrogen) atoms. The van der Waals surface area contributed by atoms with Gasteiger partial charge in [-0.25, -0.2) is 0 Å². The normalized spacial score (nSPS) is 12.7. The molecule has 6 nitrogen and oxygen atoms in total. The first kappa shape index (κ1) is 79.7. The lowest BCUT2D eigenvalue weighted by molar-refractivity contribution is 0.375. The van der Waals surface area contributed by atoms with E-state index in [-0.39, 0.29) is 32.5 Å². The number of anilines is 12. The van der Waals surface area contributed by atoms with Crippen LogP contribution in [0.25, 0.3) is 106 Å². The number of furan rings is 2. The third-order valence-electron chi connectivity index (χ3n) is 26.2. The van der Waals surface area contributed by atoms with Crippen molar-refractivity contribution in [1.82, 2.24) is 0 Å². The highest BCUT2D eigenvalue weighted by Gasteiger charge is 2.31. The number of nitrogens with zero attached hydrogens (tertiary/aromatic N) is 4. The molecule has 0 N–H and O–H groups in total. The van der Waals surface area contributed by atoms with E-state index in [1.165, 1.54) is 95.3 Å². The minimum Gasteiger partial charge on any atom is -0.456 e. The maximum Gasteiger partial charge on any atom is 0.137 e. The van der Waals surface area contributed by atoms with Gasteiger partial charge in [0.25, 0.3) is 0 Å². The van der Waals surface area contributed by atoms with Crippen LogP contribution in [0.3, 0.4) is 0 Å². The van der Waals surface area contributed by atoms with Crippen molar-refractivity contribution in [3.8, 4) is 0 Å². The maximum atomic E-state index is 6.97. The van der Waals surface area contributed by atoms with Crippen molar-refractivity contribution >= 4 is 197 Å². The number of para-hydroxylation sites is 2. The van der Waals surface area contributed by atoms with Gasteiger partial charge in [-0.2, -0.15) is 0 Å². The average molecular weight is 1650 g/mol. The third-order valence-corrected chi connectivity index (χ3v) is 28.4. The highest BCUT2D eigenvalue weighted by Crippen LogP contribution is 2.50. The summed E-state index contributed by atoms with van der Waals surface area (Å²) in [4.78, 5) is 9.51. The van der Waals surface area contributed by atoms with E-state index in [0.29, 0.717) is 0 Å². The smallest absolute Gasteiger partial charge is 0.137 e. The number of fused-ring (bicyclic) bond motifs is 14.